The number of halogens is 3. The molecule has 0 saturated carbocycles. The Morgan fingerprint density at radius 3 is 2.38 bits per heavy atom. The van der Waals surface area contributed by atoms with E-state index in [1.807, 2.05) is 6.07 Å². The van der Waals surface area contributed by atoms with Crippen LogP contribution in [0.4, 0.5) is 24.5 Å². The zero-order valence-corrected chi connectivity index (χ0v) is 12.7. The number of rotatable bonds is 4. The molecule has 0 heterocycles. The first-order chi connectivity index (χ1) is 11.3. The molecule has 2 aromatic carbocycles. The molecule has 0 aliphatic carbocycles. The van der Waals surface area contributed by atoms with Crippen molar-refractivity contribution in [2.45, 2.75) is 19.6 Å². The molecule has 2 N–H and O–H groups in total. The summed E-state index contributed by atoms with van der Waals surface area (Å²) in [6, 6.07) is 12.1. The molecular weight excluding hydrogens is 319 g/mol. The molecule has 0 fully saturated rings. The second kappa shape index (κ2) is 7.04. The van der Waals surface area contributed by atoms with Gasteiger partial charge in [-0.15, -0.1) is 0 Å². The zero-order chi connectivity index (χ0) is 17.7. The molecule has 0 unspecified atom stereocenters. The van der Waals surface area contributed by atoms with E-state index in [9.17, 15) is 18.0 Å². The monoisotopic (exact) mass is 333 g/mol. The molecule has 1 amide bonds. The number of benzene rings is 2. The van der Waals surface area contributed by atoms with E-state index < -0.39 is 17.6 Å². The molecular formula is C17H14F3N3O. The molecule has 4 nitrogen and oxygen atoms in total. The lowest BCUT2D eigenvalue weighted by Gasteiger charge is -2.16. The lowest BCUT2D eigenvalue weighted by molar-refractivity contribution is -0.137. The van der Waals surface area contributed by atoms with Crippen molar-refractivity contribution in [3.05, 3.63) is 59.2 Å². The van der Waals surface area contributed by atoms with Crippen LogP contribution in [0.1, 0.15) is 23.6 Å². The number of nitrogens with zero attached hydrogens (tertiary/aromatic N) is 1. The fourth-order valence-electron chi connectivity index (χ4n) is 2.11. The van der Waals surface area contributed by atoms with Crippen LogP contribution in [0.5, 0.6) is 0 Å². The number of hydrogen-bond donors (Lipinski definition) is 2. The molecule has 0 aliphatic heterocycles. The van der Waals surface area contributed by atoms with Gasteiger partial charge in [-0.2, -0.15) is 18.4 Å². The lowest BCUT2D eigenvalue weighted by atomic mass is 10.1. The van der Waals surface area contributed by atoms with Crippen LogP contribution >= 0.6 is 0 Å². The zero-order valence-electron chi connectivity index (χ0n) is 12.7. The normalized spacial score (nSPS) is 10.8. The van der Waals surface area contributed by atoms with Crippen LogP contribution in [0.3, 0.4) is 0 Å². The molecule has 7 heteroatoms. The molecule has 0 radical (unpaired) electrons. The average molecular weight is 333 g/mol. The Labute approximate surface area is 136 Å². The molecule has 24 heavy (non-hydrogen) atoms. The minimum absolute atomic E-state index is 0.0822. The third kappa shape index (κ3) is 4.49. The highest BCUT2D eigenvalue weighted by molar-refractivity contribution is 5.89. The van der Waals surface area contributed by atoms with E-state index in [0.29, 0.717) is 5.56 Å². The van der Waals surface area contributed by atoms with Crippen molar-refractivity contribution in [3.63, 3.8) is 0 Å². The van der Waals surface area contributed by atoms with Crippen molar-refractivity contribution in [1.82, 2.24) is 0 Å². The van der Waals surface area contributed by atoms with Crippen molar-refractivity contribution in [2.75, 3.05) is 10.6 Å². The summed E-state index contributed by atoms with van der Waals surface area (Å²) in [5.41, 5.74) is 0.365. The van der Waals surface area contributed by atoms with Gasteiger partial charge in [0.15, 0.2) is 0 Å². The van der Waals surface area contributed by atoms with E-state index >= 15 is 0 Å². The molecule has 0 aliphatic rings. The Morgan fingerprint density at radius 1 is 1.17 bits per heavy atom. The Kier molecular flexibility index (Phi) is 5.09. The minimum atomic E-state index is -4.55. The summed E-state index contributed by atoms with van der Waals surface area (Å²) in [7, 11) is 0. The number of anilines is 2. The molecule has 2 rings (SSSR count). The fraction of sp³-hybridized carbons (Fsp3) is 0.176. The van der Waals surface area contributed by atoms with Crippen molar-refractivity contribution in [1.29, 1.82) is 5.26 Å². The summed E-state index contributed by atoms with van der Waals surface area (Å²) in [4.78, 5) is 11.0. The van der Waals surface area contributed by atoms with E-state index in [0.717, 1.165) is 11.6 Å². The van der Waals surface area contributed by atoms with Crippen LogP contribution in [-0.2, 0) is 17.5 Å². The maximum Gasteiger partial charge on any atom is 0.418 e. The summed E-state index contributed by atoms with van der Waals surface area (Å²) < 4.78 is 39.6. The van der Waals surface area contributed by atoms with Gasteiger partial charge in [-0.1, -0.05) is 12.1 Å². The highest BCUT2D eigenvalue weighted by atomic mass is 19.4. The first kappa shape index (κ1) is 17.3. The van der Waals surface area contributed by atoms with Gasteiger partial charge in [0.1, 0.15) is 0 Å². The number of carbonyl (C=O) groups excluding carboxylic acids is 1. The van der Waals surface area contributed by atoms with Crippen LogP contribution in [0.2, 0.25) is 0 Å². The molecule has 124 valence electrons. The SMILES string of the molecule is CC(=O)Nc1ccc(NCc2ccc(C#N)cc2)c(C(F)(F)F)c1. The predicted molar refractivity (Wildman–Crippen MR) is 84.2 cm³/mol. The number of carbonyl (C=O) groups is 1. The maximum absolute atomic E-state index is 13.2. The Balaban J connectivity index is 2.21. The highest BCUT2D eigenvalue weighted by Crippen LogP contribution is 2.36. The van der Waals surface area contributed by atoms with Crippen LogP contribution in [0.25, 0.3) is 0 Å². The quantitative estimate of drug-likeness (QED) is 0.883. The van der Waals surface area contributed by atoms with Crippen molar-refractivity contribution >= 4 is 17.3 Å². The topological polar surface area (TPSA) is 64.9 Å². The Bertz CT molecular complexity index is 777. The van der Waals surface area contributed by atoms with Gasteiger partial charge in [0, 0.05) is 24.8 Å². The molecule has 0 atom stereocenters. The fourth-order valence-corrected chi connectivity index (χ4v) is 2.11. The lowest BCUT2D eigenvalue weighted by Crippen LogP contribution is -2.13. The maximum atomic E-state index is 13.2. The van der Waals surface area contributed by atoms with Gasteiger partial charge in [-0.3, -0.25) is 4.79 Å². The smallest absolute Gasteiger partial charge is 0.380 e. The first-order valence-electron chi connectivity index (χ1n) is 7.01. The second-order valence-corrected chi connectivity index (χ2v) is 5.10. The highest BCUT2D eigenvalue weighted by Gasteiger charge is 2.33. The standard InChI is InChI=1S/C17H14F3N3O/c1-11(24)23-14-6-7-16(15(8-14)17(18,19)20)22-10-13-4-2-12(9-21)3-5-13/h2-8,22H,10H2,1H3,(H,23,24). The largest absolute Gasteiger partial charge is 0.418 e. The van der Waals surface area contributed by atoms with E-state index in [1.165, 1.54) is 19.1 Å². The van der Waals surface area contributed by atoms with Gasteiger partial charge < -0.3 is 10.6 Å². The van der Waals surface area contributed by atoms with Gasteiger partial charge >= 0.3 is 6.18 Å². The van der Waals surface area contributed by atoms with Crippen molar-refractivity contribution < 1.29 is 18.0 Å². The van der Waals surface area contributed by atoms with Gasteiger partial charge in [-0.05, 0) is 35.9 Å². The van der Waals surface area contributed by atoms with Crippen LogP contribution in [0, 0.1) is 11.3 Å². The summed E-state index contributed by atoms with van der Waals surface area (Å²) in [6.07, 6.45) is -4.55. The summed E-state index contributed by atoms with van der Waals surface area (Å²) in [6.45, 7) is 1.40. The summed E-state index contributed by atoms with van der Waals surface area (Å²) >= 11 is 0. The van der Waals surface area contributed by atoms with Crippen LogP contribution in [-0.4, -0.2) is 5.91 Å². The third-order valence-corrected chi connectivity index (χ3v) is 3.21. The van der Waals surface area contributed by atoms with Gasteiger partial charge in [0.05, 0.1) is 17.2 Å². The van der Waals surface area contributed by atoms with E-state index in [-0.39, 0.29) is 17.9 Å². The van der Waals surface area contributed by atoms with Crippen LogP contribution < -0.4 is 10.6 Å². The number of nitrogens with one attached hydrogen (secondary N) is 2. The molecule has 0 aromatic heterocycles. The molecule has 0 spiro atoms. The number of nitriles is 1. The van der Waals surface area contributed by atoms with Crippen molar-refractivity contribution in [2.24, 2.45) is 0 Å². The van der Waals surface area contributed by atoms with Gasteiger partial charge in [0.2, 0.25) is 5.91 Å². The van der Waals surface area contributed by atoms with E-state index in [2.05, 4.69) is 10.6 Å². The van der Waals surface area contributed by atoms with E-state index in [1.54, 1.807) is 24.3 Å². The number of hydrogen-bond acceptors (Lipinski definition) is 3. The van der Waals surface area contributed by atoms with Gasteiger partial charge in [-0.25, -0.2) is 0 Å². The van der Waals surface area contributed by atoms with E-state index in [4.69, 9.17) is 5.26 Å². The van der Waals surface area contributed by atoms with Gasteiger partial charge in [0.25, 0.3) is 0 Å². The predicted octanol–water partition coefficient (Wildman–Crippen LogP) is 4.15. The second-order valence-electron chi connectivity index (χ2n) is 5.10. The summed E-state index contributed by atoms with van der Waals surface area (Å²) in [5, 5.41) is 13.8. The van der Waals surface area contributed by atoms with Crippen LogP contribution in [0.15, 0.2) is 42.5 Å². The molecule has 0 saturated heterocycles. The molecule has 0 bridgehead atoms. The number of alkyl halides is 3. The first-order valence-corrected chi connectivity index (χ1v) is 7.01. The average Bonchev–Trinajstić information content (AvgIpc) is 2.52. The Hall–Kier alpha value is -3.01. The summed E-state index contributed by atoms with van der Waals surface area (Å²) in [5.74, 6) is -0.443. The number of amides is 1. The molecule has 2 aromatic rings. The van der Waals surface area contributed by atoms with Crippen molar-refractivity contribution in [3.8, 4) is 6.07 Å². The third-order valence-electron chi connectivity index (χ3n) is 3.21. The Morgan fingerprint density at radius 2 is 1.83 bits per heavy atom. The minimum Gasteiger partial charge on any atom is -0.380 e.